The molecule has 3 aliphatic rings. The number of ether oxygens (including phenoxy) is 1. The second-order valence-corrected chi connectivity index (χ2v) is 10.2. The van der Waals surface area contributed by atoms with Gasteiger partial charge >= 0.3 is 0 Å². The van der Waals surface area contributed by atoms with Crippen LogP contribution in [0.15, 0.2) is 4.99 Å². The number of hydrogen-bond donors (Lipinski definition) is 1. The molecule has 0 bridgehead atoms. The summed E-state index contributed by atoms with van der Waals surface area (Å²) in [5.74, 6) is 1.89. The molecule has 2 aliphatic carbocycles. The molecule has 1 saturated heterocycles. The Morgan fingerprint density at radius 1 is 1.22 bits per heavy atom. The number of aliphatic imine (C=N–C) groups is 1. The summed E-state index contributed by atoms with van der Waals surface area (Å²) in [5, 5.41) is 3.55. The Kier molecular flexibility index (Phi) is 8.21. The van der Waals surface area contributed by atoms with Crippen LogP contribution in [0.2, 0.25) is 0 Å². The number of guanidine groups is 1. The molecule has 0 aromatic rings. The maximum absolute atomic E-state index is 12.4. The van der Waals surface area contributed by atoms with E-state index in [1.807, 2.05) is 20.9 Å². The van der Waals surface area contributed by atoms with Crippen molar-refractivity contribution in [3.8, 4) is 0 Å². The maximum Gasteiger partial charge on any atom is 0.216 e. The summed E-state index contributed by atoms with van der Waals surface area (Å²) in [6.45, 7) is 7.48. The van der Waals surface area contributed by atoms with Crippen molar-refractivity contribution in [2.45, 2.75) is 45.6 Å². The maximum atomic E-state index is 12.4. The average molecular weight is 514 g/mol. The van der Waals surface area contributed by atoms with Gasteiger partial charge < -0.3 is 15.0 Å². The molecule has 1 aliphatic heterocycles. The summed E-state index contributed by atoms with van der Waals surface area (Å²) >= 11 is 0. The Labute approximate surface area is 181 Å². The number of rotatable bonds is 8. The van der Waals surface area contributed by atoms with Crippen molar-refractivity contribution >= 4 is 40.0 Å². The zero-order chi connectivity index (χ0) is 18.8. The summed E-state index contributed by atoms with van der Waals surface area (Å²) < 4.78 is 31.9. The molecule has 0 aromatic carbocycles. The van der Waals surface area contributed by atoms with Gasteiger partial charge in [-0.2, -0.15) is 4.31 Å². The molecule has 0 atom stereocenters. The lowest BCUT2D eigenvalue weighted by atomic mass is 10.0. The summed E-state index contributed by atoms with van der Waals surface area (Å²) in [7, 11) is -1.43. The molecule has 0 aromatic heterocycles. The van der Waals surface area contributed by atoms with Gasteiger partial charge in [0.1, 0.15) is 0 Å². The average Bonchev–Trinajstić information content (AvgIpc) is 3.48. The second kappa shape index (κ2) is 9.58. The summed E-state index contributed by atoms with van der Waals surface area (Å²) in [4.78, 5) is 6.60. The van der Waals surface area contributed by atoms with Gasteiger partial charge in [0.25, 0.3) is 0 Å². The van der Waals surface area contributed by atoms with Crippen LogP contribution in [0.5, 0.6) is 0 Å². The van der Waals surface area contributed by atoms with Crippen LogP contribution < -0.4 is 5.32 Å². The summed E-state index contributed by atoms with van der Waals surface area (Å²) in [5.41, 5.74) is 0.525. The van der Waals surface area contributed by atoms with E-state index in [2.05, 4.69) is 15.2 Å². The first-order valence-corrected chi connectivity index (χ1v) is 11.5. The molecule has 7 nitrogen and oxygen atoms in total. The first kappa shape index (κ1) is 23.2. The van der Waals surface area contributed by atoms with E-state index >= 15 is 0 Å². The number of sulfonamides is 1. The molecule has 1 N–H and O–H groups in total. The van der Waals surface area contributed by atoms with Gasteiger partial charge in [-0.3, -0.25) is 4.99 Å². The first-order valence-electron chi connectivity index (χ1n) is 9.91. The fourth-order valence-corrected chi connectivity index (χ4v) is 5.15. The van der Waals surface area contributed by atoms with Crippen LogP contribution in [0.25, 0.3) is 0 Å². The molecule has 2 saturated carbocycles. The highest BCUT2D eigenvalue weighted by atomic mass is 127. The molecule has 27 heavy (non-hydrogen) atoms. The number of piperazine rings is 1. The van der Waals surface area contributed by atoms with Crippen LogP contribution in [0.3, 0.4) is 0 Å². The third-order valence-electron chi connectivity index (χ3n) is 5.87. The molecule has 9 heteroatoms. The fourth-order valence-electron chi connectivity index (χ4n) is 3.87. The third-order valence-corrected chi connectivity index (χ3v) is 7.70. The minimum absolute atomic E-state index is 0. The molecular weight excluding hydrogens is 479 g/mol. The topological polar surface area (TPSA) is 74.2 Å². The van der Waals surface area contributed by atoms with Gasteiger partial charge in [-0.25, -0.2) is 8.42 Å². The Morgan fingerprint density at radius 3 is 2.33 bits per heavy atom. The molecule has 0 amide bonds. The van der Waals surface area contributed by atoms with E-state index in [-0.39, 0.29) is 42.4 Å². The van der Waals surface area contributed by atoms with Gasteiger partial charge in [-0.05, 0) is 50.9 Å². The van der Waals surface area contributed by atoms with Crippen LogP contribution in [0.1, 0.15) is 39.5 Å². The molecule has 158 valence electrons. The Balaban J connectivity index is 0.00000261. The highest BCUT2D eigenvalue weighted by Gasteiger charge is 2.53. The highest BCUT2D eigenvalue weighted by molar-refractivity contribution is 14.0. The lowest BCUT2D eigenvalue weighted by Gasteiger charge is -2.36. The highest BCUT2D eigenvalue weighted by Crippen LogP contribution is 2.60. The molecule has 0 spiro atoms. The Morgan fingerprint density at radius 2 is 1.85 bits per heavy atom. The first-order chi connectivity index (χ1) is 12.4. The number of halogens is 1. The molecule has 3 rings (SSSR count). The fraction of sp³-hybridized carbons (Fsp3) is 0.944. The van der Waals surface area contributed by atoms with Crippen LogP contribution in [-0.2, 0) is 14.8 Å². The minimum Gasteiger partial charge on any atom is -0.378 e. The lowest BCUT2D eigenvalue weighted by Crippen LogP contribution is -2.54. The van der Waals surface area contributed by atoms with E-state index < -0.39 is 10.0 Å². The predicted octanol–water partition coefficient (Wildman–Crippen LogP) is 1.74. The third kappa shape index (κ3) is 6.17. The SMILES string of the molecule is CN=C(NCC1(C2CC2)CC1)N1CCN(S(=O)(=O)CCOC(C)C)CC1.I. The van der Waals surface area contributed by atoms with E-state index in [0.717, 1.165) is 18.4 Å². The normalized spacial score (nSPS) is 23.3. The smallest absolute Gasteiger partial charge is 0.216 e. The van der Waals surface area contributed by atoms with E-state index in [9.17, 15) is 8.42 Å². The summed E-state index contributed by atoms with van der Waals surface area (Å²) in [6.07, 6.45) is 5.51. The van der Waals surface area contributed by atoms with Crippen molar-refractivity contribution < 1.29 is 13.2 Å². The van der Waals surface area contributed by atoms with Crippen molar-refractivity contribution in [1.29, 1.82) is 0 Å². The van der Waals surface area contributed by atoms with E-state index in [1.54, 1.807) is 4.31 Å². The Hall–Kier alpha value is -0.130. The molecule has 0 radical (unpaired) electrons. The lowest BCUT2D eigenvalue weighted by molar-refractivity contribution is 0.0904. The zero-order valence-corrected chi connectivity index (χ0v) is 20.0. The number of nitrogens with zero attached hydrogens (tertiary/aromatic N) is 3. The van der Waals surface area contributed by atoms with Crippen molar-refractivity contribution in [1.82, 2.24) is 14.5 Å². The Bertz CT molecular complexity index is 610. The molecule has 0 unspecified atom stereocenters. The molecule has 1 heterocycles. The van der Waals surface area contributed by atoms with Gasteiger partial charge in [0, 0.05) is 39.8 Å². The van der Waals surface area contributed by atoms with E-state index in [1.165, 1.54) is 25.7 Å². The largest absolute Gasteiger partial charge is 0.378 e. The monoisotopic (exact) mass is 514 g/mol. The van der Waals surface area contributed by atoms with Crippen molar-refractivity contribution in [3.63, 3.8) is 0 Å². The van der Waals surface area contributed by atoms with Crippen molar-refractivity contribution in [2.75, 3.05) is 52.1 Å². The zero-order valence-electron chi connectivity index (χ0n) is 16.8. The number of nitrogens with one attached hydrogen (secondary N) is 1. The van der Waals surface area contributed by atoms with Gasteiger partial charge in [0.2, 0.25) is 10.0 Å². The van der Waals surface area contributed by atoms with Crippen LogP contribution in [-0.4, -0.2) is 81.8 Å². The summed E-state index contributed by atoms with van der Waals surface area (Å²) in [6, 6.07) is 0. The standard InChI is InChI=1S/C18H34N4O3S.HI/c1-15(2)25-12-13-26(23,24)22-10-8-21(9-11-22)17(19-3)20-14-18(6-7-18)16-4-5-16;/h15-16H,4-14H2,1-3H3,(H,19,20);1H. The second-order valence-electron chi connectivity index (χ2n) is 8.16. The quantitative estimate of drug-likeness (QED) is 0.304. The predicted molar refractivity (Wildman–Crippen MR) is 119 cm³/mol. The van der Waals surface area contributed by atoms with Gasteiger partial charge in [-0.15, -0.1) is 24.0 Å². The van der Waals surface area contributed by atoms with E-state index in [4.69, 9.17) is 4.74 Å². The van der Waals surface area contributed by atoms with Gasteiger partial charge in [-0.1, -0.05) is 0 Å². The van der Waals surface area contributed by atoms with Gasteiger partial charge in [0.15, 0.2) is 5.96 Å². The van der Waals surface area contributed by atoms with E-state index in [0.29, 0.717) is 31.6 Å². The minimum atomic E-state index is -3.24. The van der Waals surface area contributed by atoms with Gasteiger partial charge in [0.05, 0.1) is 18.5 Å². The van der Waals surface area contributed by atoms with Crippen LogP contribution >= 0.6 is 24.0 Å². The van der Waals surface area contributed by atoms with Crippen molar-refractivity contribution in [2.24, 2.45) is 16.3 Å². The molecule has 3 fully saturated rings. The van der Waals surface area contributed by atoms with Crippen LogP contribution in [0, 0.1) is 11.3 Å². The van der Waals surface area contributed by atoms with Crippen LogP contribution in [0.4, 0.5) is 0 Å². The number of hydrogen-bond acceptors (Lipinski definition) is 4. The van der Waals surface area contributed by atoms with Crippen molar-refractivity contribution in [3.05, 3.63) is 0 Å². The molecular formula is C18H35IN4O3S.